The lowest BCUT2D eigenvalue weighted by Crippen LogP contribution is -2.42. The highest BCUT2D eigenvalue weighted by atomic mass is 16.5. The number of rotatable bonds is 5. The smallest absolute Gasteiger partial charge is 0.125 e. The van der Waals surface area contributed by atoms with Gasteiger partial charge >= 0.3 is 0 Å². The Kier molecular flexibility index (Phi) is 4.35. The molecule has 0 amide bonds. The lowest BCUT2D eigenvalue weighted by atomic mass is 9.82. The van der Waals surface area contributed by atoms with Crippen LogP contribution in [0, 0.1) is 0 Å². The molecule has 0 bridgehead atoms. The molecule has 2 rings (SSSR count). The number of hydrogen-bond acceptors (Lipinski definition) is 3. The monoisotopic (exact) mass is 263 g/mol. The van der Waals surface area contributed by atoms with Crippen molar-refractivity contribution in [1.29, 1.82) is 0 Å². The Balaban J connectivity index is 2.27. The van der Waals surface area contributed by atoms with Gasteiger partial charge in [-0.15, -0.1) is 0 Å². The maximum atomic E-state index is 6.36. The van der Waals surface area contributed by atoms with Crippen molar-refractivity contribution >= 4 is 0 Å². The Morgan fingerprint density at radius 2 is 2.21 bits per heavy atom. The van der Waals surface area contributed by atoms with Gasteiger partial charge in [-0.1, -0.05) is 20.3 Å². The van der Waals surface area contributed by atoms with Gasteiger partial charge in [-0.2, -0.15) is 0 Å². The van der Waals surface area contributed by atoms with Crippen LogP contribution in [0.2, 0.25) is 0 Å². The van der Waals surface area contributed by atoms with Crippen LogP contribution in [-0.2, 0) is 0 Å². The Bertz CT molecular complexity index is 433. The van der Waals surface area contributed by atoms with E-state index in [9.17, 15) is 0 Å². The molecule has 2 atom stereocenters. The van der Waals surface area contributed by atoms with Crippen molar-refractivity contribution in [1.82, 2.24) is 0 Å². The molecule has 1 aromatic rings. The summed E-state index contributed by atoms with van der Waals surface area (Å²) in [5.41, 5.74) is 7.34. The number of ether oxygens (including phenoxy) is 2. The third-order valence-electron chi connectivity index (χ3n) is 4.17. The second kappa shape index (κ2) is 5.83. The fourth-order valence-corrected chi connectivity index (χ4v) is 2.87. The highest BCUT2D eigenvalue weighted by Crippen LogP contribution is 2.43. The molecule has 0 fully saturated rings. The summed E-state index contributed by atoms with van der Waals surface area (Å²) in [4.78, 5) is 0. The minimum atomic E-state index is -0.0863. The average Bonchev–Trinajstić information content (AvgIpc) is 2.45. The van der Waals surface area contributed by atoms with E-state index in [1.54, 1.807) is 7.11 Å². The van der Waals surface area contributed by atoms with E-state index in [1.165, 1.54) is 12.8 Å². The van der Waals surface area contributed by atoms with E-state index < -0.39 is 0 Å². The first kappa shape index (κ1) is 14.2. The summed E-state index contributed by atoms with van der Waals surface area (Å²) in [6, 6.07) is 5.97. The quantitative estimate of drug-likeness (QED) is 0.878. The SMILES string of the molecule is CCCCC1(CC)C[C@@H](N)c2cc(OC)ccc2O1. The van der Waals surface area contributed by atoms with Crippen molar-refractivity contribution in [2.45, 2.75) is 57.6 Å². The molecule has 0 saturated heterocycles. The van der Waals surface area contributed by atoms with Crippen LogP contribution in [0.1, 0.15) is 57.6 Å². The fraction of sp³-hybridized carbons (Fsp3) is 0.625. The molecule has 2 N–H and O–H groups in total. The molecule has 106 valence electrons. The van der Waals surface area contributed by atoms with Crippen molar-refractivity contribution in [3.8, 4) is 11.5 Å². The molecule has 0 aromatic heterocycles. The molecule has 3 heteroatoms. The van der Waals surface area contributed by atoms with Crippen molar-refractivity contribution in [3.63, 3.8) is 0 Å². The van der Waals surface area contributed by atoms with Gasteiger partial charge in [-0.3, -0.25) is 0 Å². The van der Waals surface area contributed by atoms with Crippen LogP contribution in [-0.4, -0.2) is 12.7 Å². The largest absolute Gasteiger partial charge is 0.497 e. The lowest BCUT2D eigenvalue weighted by molar-refractivity contribution is 0.0216. The summed E-state index contributed by atoms with van der Waals surface area (Å²) >= 11 is 0. The zero-order valence-corrected chi connectivity index (χ0v) is 12.2. The highest BCUT2D eigenvalue weighted by Gasteiger charge is 2.38. The van der Waals surface area contributed by atoms with E-state index in [4.69, 9.17) is 15.2 Å². The van der Waals surface area contributed by atoms with E-state index in [2.05, 4.69) is 13.8 Å². The van der Waals surface area contributed by atoms with Gasteiger partial charge in [0.1, 0.15) is 17.1 Å². The summed E-state index contributed by atoms with van der Waals surface area (Å²) in [5.74, 6) is 1.77. The van der Waals surface area contributed by atoms with E-state index in [-0.39, 0.29) is 11.6 Å². The maximum absolute atomic E-state index is 6.36. The third kappa shape index (κ3) is 2.86. The lowest BCUT2D eigenvalue weighted by Gasteiger charge is -2.41. The number of benzene rings is 1. The predicted octanol–water partition coefficient (Wildman–Crippen LogP) is 3.82. The Hall–Kier alpha value is -1.22. The molecule has 1 aliphatic heterocycles. The van der Waals surface area contributed by atoms with Gasteiger partial charge in [-0.05, 0) is 37.5 Å². The van der Waals surface area contributed by atoms with Gasteiger partial charge in [-0.25, -0.2) is 0 Å². The van der Waals surface area contributed by atoms with Gasteiger partial charge in [0.25, 0.3) is 0 Å². The Labute approximate surface area is 116 Å². The van der Waals surface area contributed by atoms with Crippen LogP contribution in [0.5, 0.6) is 11.5 Å². The van der Waals surface area contributed by atoms with Crippen LogP contribution in [0.3, 0.4) is 0 Å². The van der Waals surface area contributed by atoms with E-state index >= 15 is 0 Å². The number of hydrogen-bond donors (Lipinski definition) is 1. The number of methoxy groups -OCH3 is 1. The molecule has 1 aliphatic rings. The second-order valence-corrected chi connectivity index (χ2v) is 5.46. The van der Waals surface area contributed by atoms with Crippen molar-refractivity contribution < 1.29 is 9.47 Å². The van der Waals surface area contributed by atoms with E-state index in [0.717, 1.165) is 36.3 Å². The molecule has 0 radical (unpaired) electrons. The fourth-order valence-electron chi connectivity index (χ4n) is 2.87. The normalized spacial score (nSPS) is 25.6. The molecule has 19 heavy (non-hydrogen) atoms. The Morgan fingerprint density at radius 1 is 1.42 bits per heavy atom. The van der Waals surface area contributed by atoms with Gasteiger partial charge in [0.2, 0.25) is 0 Å². The molecule has 1 aromatic carbocycles. The molecular formula is C16H25NO2. The van der Waals surface area contributed by atoms with Crippen LogP contribution in [0.15, 0.2) is 18.2 Å². The van der Waals surface area contributed by atoms with Crippen LogP contribution in [0.25, 0.3) is 0 Å². The molecule has 1 heterocycles. The predicted molar refractivity (Wildman–Crippen MR) is 77.7 cm³/mol. The summed E-state index contributed by atoms with van der Waals surface area (Å²) < 4.78 is 11.6. The topological polar surface area (TPSA) is 44.5 Å². The molecule has 0 saturated carbocycles. The van der Waals surface area contributed by atoms with Crippen molar-refractivity contribution in [2.75, 3.05) is 7.11 Å². The zero-order valence-electron chi connectivity index (χ0n) is 12.2. The standard InChI is InChI=1S/C16H25NO2/c1-4-6-9-16(5-2)11-14(17)13-10-12(18-3)7-8-15(13)19-16/h7-8,10,14H,4-6,9,11,17H2,1-3H3/t14-,16?/m1/s1. The highest BCUT2D eigenvalue weighted by molar-refractivity contribution is 5.44. The summed E-state index contributed by atoms with van der Waals surface area (Å²) in [5, 5.41) is 0. The third-order valence-corrected chi connectivity index (χ3v) is 4.17. The van der Waals surface area contributed by atoms with Crippen molar-refractivity contribution in [3.05, 3.63) is 23.8 Å². The zero-order chi connectivity index (χ0) is 13.9. The van der Waals surface area contributed by atoms with Gasteiger partial charge < -0.3 is 15.2 Å². The molecular weight excluding hydrogens is 238 g/mol. The molecule has 1 unspecified atom stereocenters. The number of fused-ring (bicyclic) bond motifs is 1. The van der Waals surface area contributed by atoms with Gasteiger partial charge in [0, 0.05) is 18.0 Å². The Morgan fingerprint density at radius 3 is 2.84 bits per heavy atom. The van der Waals surface area contributed by atoms with Crippen LogP contribution < -0.4 is 15.2 Å². The summed E-state index contributed by atoms with van der Waals surface area (Å²) in [6.07, 6.45) is 5.36. The first-order valence-electron chi connectivity index (χ1n) is 7.26. The first-order valence-corrected chi connectivity index (χ1v) is 7.26. The average molecular weight is 263 g/mol. The molecule has 0 aliphatic carbocycles. The second-order valence-electron chi connectivity index (χ2n) is 5.46. The minimum absolute atomic E-state index is 0.0376. The van der Waals surface area contributed by atoms with Crippen LogP contribution >= 0.6 is 0 Å². The number of nitrogens with two attached hydrogens (primary N) is 1. The van der Waals surface area contributed by atoms with Crippen LogP contribution in [0.4, 0.5) is 0 Å². The first-order chi connectivity index (χ1) is 9.14. The summed E-state index contributed by atoms with van der Waals surface area (Å²) in [6.45, 7) is 4.40. The van der Waals surface area contributed by atoms with Crippen molar-refractivity contribution in [2.24, 2.45) is 5.73 Å². The maximum Gasteiger partial charge on any atom is 0.125 e. The van der Waals surface area contributed by atoms with E-state index in [1.807, 2.05) is 18.2 Å². The van der Waals surface area contributed by atoms with E-state index in [0.29, 0.717) is 0 Å². The molecule has 3 nitrogen and oxygen atoms in total. The number of unbranched alkanes of at least 4 members (excludes halogenated alkanes) is 1. The molecule has 0 spiro atoms. The van der Waals surface area contributed by atoms with Gasteiger partial charge in [0.05, 0.1) is 7.11 Å². The van der Waals surface area contributed by atoms with Gasteiger partial charge in [0.15, 0.2) is 0 Å². The minimum Gasteiger partial charge on any atom is -0.497 e. The summed E-state index contributed by atoms with van der Waals surface area (Å²) in [7, 11) is 1.68.